The molecule has 0 saturated carbocycles. The lowest BCUT2D eigenvalue weighted by molar-refractivity contribution is 0.0941. The van der Waals surface area contributed by atoms with Gasteiger partial charge in [-0.3, -0.25) is 0 Å². The molecule has 0 aliphatic heterocycles. The predicted octanol–water partition coefficient (Wildman–Crippen LogP) is 0.623. The van der Waals surface area contributed by atoms with Crippen molar-refractivity contribution < 1.29 is 9.84 Å². The predicted molar refractivity (Wildman–Crippen MR) is 33.2 cm³/mol. The van der Waals surface area contributed by atoms with Crippen molar-refractivity contribution in [2.24, 2.45) is 0 Å². The van der Waals surface area contributed by atoms with Gasteiger partial charge in [0, 0.05) is 19.6 Å². The van der Waals surface area contributed by atoms with Crippen LogP contribution < -0.4 is 0 Å². The van der Waals surface area contributed by atoms with Crippen LogP contribution in [0.15, 0.2) is 0 Å². The molecule has 0 aromatic heterocycles. The smallest absolute Gasteiger partial charge is 0.0728 e. The van der Waals surface area contributed by atoms with Crippen molar-refractivity contribution >= 4 is 11.6 Å². The van der Waals surface area contributed by atoms with Gasteiger partial charge in [0.15, 0.2) is 0 Å². The Balaban J connectivity index is 3.07. The molecule has 2 nitrogen and oxygen atoms in total. The van der Waals surface area contributed by atoms with Gasteiger partial charge in [0.05, 0.1) is 6.10 Å². The number of methoxy groups -OCH3 is 1. The molecule has 0 aliphatic rings. The SMILES string of the molecule is COC(CCl)CCO. The number of aliphatic hydroxyl groups excluding tert-OH is 1. The Hall–Kier alpha value is 0.210. The number of aliphatic hydroxyl groups is 1. The second kappa shape index (κ2) is 5.35. The first kappa shape index (κ1) is 8.21. The van der Waals surface area contributed by atoms with Crippen LogP contribution >= 0.6 is 11.6 Å². The van der Waals surface area contributed by atoms with Crippen LogP contribution in [-0.4, -0.2) is 30.8 Å². The zero-order chi connectivity index (χ0) is 6.41. The molecule has 0 amide bonds. The first-order chi connectivity index (χ1) is 3.85. The first-order valence-corrected chi connectivity index (χ1v) is 3.08. The van der Waals surface area contributed by atoms with Crippen LogP contribution in [0.2, 0.25) is 0 Å². The number of halogens is 1. The van der Waals surface area contributed by atoms with Gasteiger partial charge in [0.2, 0.25) is 0 Å². The lowest BCUT2D eigenvalue weighted by Gasteiger charge is -2.07. The van der Waals surface area contributed by atoms with E-state index in [2.05, 4.69) is 0 Å². The lowest BCUT2D eigenvalue weighted by Crippen LogP contribution is -2.13. The van der Waals surface area contributed by atoms with Gasteiger partial charge in [0.1, 0.15) is 0 Å². The summed E-state index contributed by atoms with van der Waals surface area (Å²) in [4.78, 5) is 0. The molecule has 0 saturated heterocycles. The molecule has 8 heavy (non-hydrogen) atoms. The zero-order valence-electron chi connectivity index (χ0n) is 4.93. The quantitative estimate of drug-likeness (QED) is 0.578. The fourth-order valence-corrected chi connectivity index (χ4v) is 0.682. The lowest BCUT2D eigenvalue weighted by atomic mass is 10.3. The van der Waals surface area contributed by atoms with Gasteiger partial charge in [-0.05, 0) is 6.42 Å². The van der Waals surface area contributed by atoms with E-state index in [9.17, 15) is 0 Å². The number of hydrogen-bond donors (Lipinski definition) is 1. The minimum atomic E-state index is 0.0154. The molecule has 1 unspecified atom stereocenters. The Kier molecular flexibility index (Phi) is 5.49. The number of rotatable bonds is 4. The van der Waals surface area contributed by atoms with Crippen LogP contribution in [0.4, 0.5) is 0 Å². The summed E-state index contributed by atoms with van der Waals surface area (Å²) in [5.41, 5.74) is 0. The van der Waals surface area contributed by atoms with E-state index < -0.39 is 0 Å². The molecule has 0 aliphatic carbocycles. The Bertz CT molecular complexity index is 45.7. The maximum absolute atomic E-state index is 8.36. The highest BCUT2D eigenvalue weighted by atomic mass is 35.5. The van der Waals surface area contributed by atoms with E-state index in [1.54, 1.807) is 7.11 Å². The van der Waals surface area contributed by atoms with Gasteiger partial charge < -0.3 is 9.84 Å². The normalized spacial score (nSPS) is 13.9. The van der Waals surface area contributed by atoms with Crippen molar-refractivity contribution in [1.29, 1.82) is 0 Å². The number of alkyl halides is 1. The van der Waals surface area contributed by atoms with Crippen LogP contribution in [0.25, 0.3) is 0 Å². The molecular formula is C5H11ClO2. The van der Waals surface area contributed by atoms with E-state index in [-0.39, 0.29) is 12.7 Å². The fourth-order valence-electron chi connectivity index (χ4n) is 0.402. The van der Waals surface area contributed by atoms with Crippen LogP contribution in [0.5, 0.6) is 0 Å². The molecule has 3 heteroatoms. The van der Waals surface area contributed by atoms with Gasteiger partial charge in [-0.15, -0.1) is 11.6 Å². The molecule has 0 bridgehead atoms. The summed E-state index contributed by atoms with van der Waals surface area (Å²) < 4.78 is 4.85. The highest BCUT2D eigenvalue weighted by Crippen LogP contribution is 1.97. The minimum Gasteiger partial charge on any atom is -0.396 e. The topological polar surface area (TPSA) is 29.5 Å². The highest BCUT2D eigenvalue weighted by molar-refractivity contribution is 6.18. The largest absolute Gasteiger partial charge is 0.396 e. The molecule has 0 spiro atoms. The Labute approximate surface area is 54.4 Å². The Morgan fingerprint density at radius 3 is 2.50 bits per heavy atom. The van der Waals surface area contributed by atoms with Crippen LogP contribution in [0.3, 0.4) is 0 Å². The Morgan fingerprint density at radius 1 is 1.75 bits per heavy atom. The maximum Gasteiger partial charge on any atom is 0.0728 e. The van der Waals surface area contributed by atoms with E-state index in [4.69, 9.17) is 21.4 Å². The molecule has 0 aromatic rings. The molecular weight excluding hydrogens is 128 g/mol. The molecule has 0 fully saturated rings. The average molecular weight is 139 g/mol. The standard InChI is InChI=1S/C5H11ClO2/c1-8-5(4-6)2-3-7/h5,7H,2-4H2,1H3. The summed E-state index contributed by atoms with van der Waals surface area (Å²) in [6.45, 7) is 0.144. The van der Waals surface area contributed by atoms with E-state index in [0.717, 1.165) is 0 Å². The summed E-state index contributed by atoms with van der Waals surface area (Å²) in [6, 6.07) is 0. The number of ether oxygens (including phenoxy) is 1. The van der Waals surface area contributed by atoms with Crippen molar-refractivity contribution in [3.8, 4) is 0 Å². The summed E-state index contributed by atoms with van der Waals surface area (Å²) in [7, 11) is 1.59. The van der Waals surface area contributed by atoms with Crippen molar-refractivity contribution in [2.45, 2.75) is 12.5 Å². The molecule has 50 valence electrons. The molecule has 1 N–H and O–H groups in total. The maximum atomic E-state index is 8.36. The molecule has 0 rings (SSSR count). The average Bonchev–Trinajstić information content (AvgIpc) is 1.83. The third-order valence-corrected chi connectivity index (χ3v) is 1.30. The van der Waals surface area contributed by atoms with E-state index in [1.165, 1.54) is 0 Å². The van der Waals surface area contributed by atoms with Crippen molar-refractivity contribution in [3.63, 3.8) is 0 Å². The third-order valence-electron chi connectivity index (χ3n) is 0.957. The summed E-state index contributed by atoms with van der Waals surface area (Å²) in [6.07, 6.45) is 0.640. The first-order valence-electron chi connectivity index (χ1n) is 2.54. The van der Waals surface area contributed by atoms with Crippen LogP contribution in [-0.2, 0) is 4.74 Å². The zero-order valence-corrected chi connectivity index (χ0v) is 5.69. The molecule has 0 aromatic carbocycles. The van der Waals surface area contributed by atoms with Gasteiger partial charge >= 0.3 is 0 Å². The summed E-state index contributed by atoms with van der Waals surface area (Å²) >= 11 is 5.41. The number of hydrogen-bond acceptors (Lipinski definition) is 2. The van der Waals surface area contributed by atoms with Crippen LogP contribution in [0, 0.1) is 0 Å². The van der Waals surface area contributed by atoms with E-state index in [1.807, 2.05) is 0 Å². The molecule has 0 radical (unpaired) electrons. The van der Waals surface area contributed by atoms with Gasteiger partial charge in [0.25, 0.3) is 0 Å². The van der Waals surface area contributed by atoms with Crippen molar-refractivity contribution in [1.82, 2.24) is 0 Å². The fraction of sp³-hybridized carbons (Fsp3) is 1.00. The summed E-state index contributed by atoms with van der Waals surface area (Å²) in [5, 5.41) is 8.36. The summed E-state index contributed by atoms with van der Waals surface area (Å²) in [5.74, 6) is 0.455. The minimum absolute atomic E-state index is 0.0154. The van der Waals surface area contributed by atoms with Crippen LogP contribution in [0.1, 0.15) is 6.42 Å². The molecule has 1 atom stereocenters. The van der Waals surface area contributed by atoms with Gasteiger partial charge in [-0.1, -0.05) is 0 Å². The van der Waals surface area contributed by atoms with Gasteiger partial charge in [-0.25, -0.2) is 0 Å². The van der Waals surface area contributed by atoms with Crippen molar-refractivity contribution in [2.75, 3.05) is 19.6 Å². The second-order valence-electron chi connectivity index (χ2n) is 1.52. The molecule has 0 heterocycles. The highest BCUT2D eigenvalue weighted by Gasteiger charge is 2.01. The monoisotopic (exact) mass is 138 g/mol. The third kappa shape index (κ3) is 3.24. The van der Waals surface area contributed by atoms with E-state index >= 15 is 0 Å². The van der Waals surface area contributed by atoms with E-state index in [0.29, 0.717) is 12.3 Å². The second-order valence-corrected chi connectivity index (χ2v) is 1.83. The Morgan fingerprint density at radius 2 is 2.38 bits per heavy atom. The van der Waals surface area contributed by atoms with Gasteiger partial charge in [-0.2, -0.15) is 0 Å². The van der Waals surface area contributed by atoms with Crippen molar-refractivity contribution in [3.05, 3.63) is 0 Å².